The number of nitrogens with two attached hydrogens (primary N) is 1. The quantitative estimate of drug-likeness (QED) is 0.760. The van der Waals surface area contributed by atoms with Crippen LogP contribution in [0.5, 0.6) is 0 Å². The Hall–Kier alpha value is -2.66. The number of benzene rings is 2. The Morgan fingerprint density at radius 2 is 1.69 bits per heavy atom. The van der Waals surface area contributed by atoms with E-state index in [0.29, 0.717) is 19.0 Å². The minimum Gasteiger partial charge on any atom is -0.457 e. The first-order chi connectivity index (χ1) is 13.7. The topological polar surface area (TPSA) is 72.6 Å². The molecule has 2 atom stereocenters. The lowest BCUT2D eigenvalue weighted by atomic mass is 9.86. The summed E-state index contributed by atoms with van der Waals surface area (Å²) in [6.07, 6.45) is 0. The fraction of sp³-hybridized carbons (Fsp3) is 0.417. The van der Waals surface area contributed by atoms with Crippen molar-refractivity contribution in [1.82, 2.24) is 4.90 Å². The van der Waals surface area contributed by atoms with Crippen LogP contribution in [0.1, 0.15) is 56.2 Å². The van der Waals surface area contributed by atoms with Gasteiger partial charge in [-0.25, -0.2) is 0 Å². The standard InChI is InChI=1S/C24H30N2O3/c1-16(2)18-10-12-19(13-11-18)20(22(25)27)21-23(28)29-24(3,4)15-26(21)14-17-8-6-5-7-9-17/h5-13,16,20-21H,14-15H2,1-4H3,(H2,25,27). The Balaban J connectivity index is 1.98. The summed E-state index contributed by atoms with van der Waals surface area (Å²) in [5, 5.41) is 0. The predicted molar refractivity (Wildman–Crippen MR) is 113 cm³/mol. The number of amides is 1. The molecule has 0 bridgehead atoms. The number of primary amides is 1. The Kier molecular flexibility index (Phi) is 6.08. The van der Waals surface area contributed by atoms with Crippen LogP contribution in [-0.4, -0.2) is 35.0 Å². The van der Waals surface area contributed by atoms with Gasteiger partial charge in [0.25, 0.3) is 0 Å². The third-order valence-electron chi connectivity index (χ3n) is 5.41. The summed E-state index contributed by atoms with van der Waals surface area (Å²) in [6.45, 7) is 9.06. The highest BCUT2D eigenvalue weighted by Gasteiger charge is 2.46. The first kappa shape index (κ1) is 21.1. The normalized spacial score (nSPS) is 20.3. The molecule has 2 unspecified atom stereocenters. The summed E-state index contributed by atoms with van der Waals surface area (Å²) in [4.78, 5) is 27.6. The third-order valence-corrected chi connectivity index (χ3v) is 5.41. The Bertz CT molecular complexity index is 859. The SMILES string of the molecule is CC(C)c1ccc(C(C(N)=O)C2C(=O)OC(C)(C)CN2Cc2ccccc2)cc1. The highest BCUT2D eigenvalue weighted by molar-refractivity contribution is 5.91. The van der Waals surface area contributed by atoms with Crippen LogP contribution in [0.25, 0.3) is 0 Å². The minimum absolute atomic E-state index is 0.381. The first-order valence-electron chi connectivity index (χ1n) is 10.1. The maximum atomic E-state index is 13.0. The summed E-state index contributed by atoms with van der Waals surface area (Å²) in [6, 6.07) is 17.0. The summed E-state index contributed by atoms with van der Waals surface area (Å²) in [5.41, 5.74) is 8.16. The van der Waals surface area contributed by atoms with Crippen LogP contribution in [-0.2, 0) is 20.9 Å². The summed E-state index contributed by atoms with van der Waals surface area (Å²) >= 11 is 0. The summed E-state index contributed by atoms with van der Waals surface area (Å²) < 4.78 is 5.68. The van der Waals surface area contributed by atoms with Gasteiger partial charge in [0.15, 0.2) is 0 Å². The molecule has 0 radical (unpaired) electrons. The second-order valence-electron chi connectivity index (χ2n) is 8.72. The average Bonchev–Trinajstić information content (AvgIpc) is 2.64. The molecule has 1 fully saturated rings. The van der Waals surface area contributed by atoms with Crippen LogP contribution < -0.4 is 5.73 Å². The van der Waals surface area contributed by atoms with Crippen LogP contribution in [0.15, 0.2) is 54.6 Å². The van der Waals surface area contributed by atoms with Crippen LogP contribution in [0, 0.1) is 0 Å². The molecule has 5 heteroatoms. The number of hydrogen-bond donors (Lipinski definition) is 1. The molecule has 3 rings (SSSR count). The van der Waals surface area contributed by atoms with Gasteiger partial charge in [0, 0.05) is 13.1 Å². The van der Waals surface area contributed by atoms with Crippen molar-refractivity contribution >= 4 is 11.9 Å². The number of carbonyl (C=O) groups is 2. The van der Waals surface area contributed by atoms with Gasteiger partial charge < -0.3 is 10.5 Å². The Morgan fingerprint density at radius 1 is 1.10 bits per heavy atom. The molecule has 2 N–H and O–H groups in total. The van der Waals surface area contributed by atoms with Gasteiger partial charge in [-0.1, -0.05) is 68.4 Å². The molecule has 0 aromatic heterocycles. The minimum atomic E-state index is -0.775. The van der Waals surface area contributed by atoms with Crippen molar-refractivity contribution in [3.63, 3.8) is 0 Å². The van der Waals surface area contributed by atoms with Crippen molar-refractivity contribution in [2.75, 3.05) is 6.54 Å². The molecule has 29 heavy (non-hydrogen) atoms. The summed E-state index contributed by atoms with van der Waals surface area (Å²) in [7, 11) is 0. The smallest absolute Gasteiger partial charge is 0.325 e. The van der Waals surface area contributed by atoms with E-state index < -0.39 is 29.4 Å². The van der Waals surface area contributed by atoms with E-state index in [9.17, 15) is 9.59 Å². The number of esters is 1. The molecule has 0 saturated carbocycles. The van der Waals surface area contributed by atoms with Gasteiger partial charge >= 0.3 is 5.97 Å². The van der Waals surface area contributed by atoms with Crippen molar-refractivity contribution in [1.29, 1.82) is 0 Å². The van der Waals surface area contributed by atoms with Crippen molar-refractivity contribution in [2.45, 2.75) is 57.7 Å². The van der Waals surface area contributed by atoms with Crippen molar-refractivity contribution in [2.24, 2.45) is 5.73 Å². The number of morpholine rings is 1. The molecule has 2 aromatic carbocycles. The maximum absolute atomic E-state index is 13.0. The lowest BCUT2D eigenvalue weighted by Crippen LogP contribution is -2.59. The number of cyclic esters (lactones) is 1. The van der Waals surface area contributed by atoms with E-state index in [-0.39, 0.29) is 0 Å². The van der Waals surface area contributed by atoms with E-state index in [1.807, 2.05) is 73.3 Å². The molecular weight excluding hydrogens is 364 g/mol. The second-order valence-corrected chi connectivity index (χ2v) is 8.72. The van der Waals surface area contributed by atoms with Gasteiger partial charge in [-0.2, -0.15) is 0 Å². The highest BCUT2D eigenvalue weighted by atomic mass is 16.6. The fourth-order valence-corrected chi connectivity index (χ4v) is 4.01. The average molecular weight is 395 g/mol. The zero-order chi connectivity index (χ0) is 21.2. The monoisotopic (exact) mass is 394 g/mol. The van der Waals surface area contributed by atoms with Gasteiger partial charge in [0.1, 0.15) is 11.6 Å². The zero-order valence-electron chi connectivity index (χ0n) is 17.6. The van der Waals surface area contributed by atoms with E-state index in [0.717, 1.165) is 11.1 Å². The first-order valence-corrected chi connectivity index (χ1v) is 10.1. The molecular formula is C24H30N2O3. The van der Waals surface area contributed by atoms with Gasteiger partial charge in [-0.15, -0.1) is 0 Å². The maximum Gasteiger partial charge on any atom is 0.325 e. The lowest BCUT2D eigenvalue weighted by Gasteiger charge is -2.44. The number of ether oxygens (including phenoxy) is 1. The van der Waals surface area contributed by atoms with Gasteiger partial charge in [0.05, 0.1) is 5.92 Å². The van der Waals surface area contributed by atoms with Crippen LogP contribution >= 0.6 is 0 Å². The molecule has 0 spiro atoms. The molecule has 1 aliphatic heterocycles. The number of nitrogens with zero attached hydrogens (tertiary/aromatic N) is 1. The van der Waals surface area contributed by atoms with Crippen LogP contribution in [0.2, 0.25) is 0 Å². The predicted octanol–water partition coefficient (Wildman–Crippen LogP) is 3.59. The fourth-order valence-electron chi connectivity index (χ4n) is 4.01. The van der Waals surface area contributed by atoms with Crippen LogP contribution in [0.4, 0.5) is 0 Å². The second kappa shape index (κ2) is 8.37. The molecule has 0 aliphatic carbocycles. The van der Waals surface area contributed by atoms with Crippen molar-refractivity contribution < 1.29 is 14.3 Å². The Morgan fingerprint density at radius 3 is 2.24 bits per heavy atom. The molecule has 154 valence electrons. The number of rotatable bonds is 6. The van der Waals surface area contributed by atoms with Crippen molar-refractivity contribution in [3.8, 4) is 0 Å². The van der Waals surface area contributed by atoms with E-state index in [2.05, 4.69) is 13.8 Å². The third kappa shape index (κ3) is 4.85. The number of carbonyl (C=O) groups excluding carboxylic acids is 2. The van der Waals surface area contributed by atoms with Crippen LogP contribution in [0.3, 0.4) is 0 Å². The van der Waals surface area contributed by atoms with E-state index in [4.69, 9.17) is 10.5 Å². The molecule has 5 nitrogen and oxygen atoms in total. The summed E-state index contributed by atoms with van der Waals surface area (Å²) in [5.74, 6) is -1.33. The van der Waals surface area contributed by atoms with E-state index >= 15 is 0 Å². The lowest BCUT2D eigenvalue weighted by molar-refractivity contribution is -0.181. The van der Waals surface area contributed by atoms with E-state index in [1.54, 1.807) is 0 Å². The molecule has 2 aromatic rings. The van der Waals surface area contributed by atoms with Gasteiger partial charge in [-0.3, -0.25) is 14.5 Å². The van der Waals surface area contributed by atoms with Gasteiger partial charge in [-0.05, 0) is 36.5 Å². The highest BCUT2D eigenvalue weighted by Crippen LogP contribution is 2.33. The van der Waals surface area contributed by atoms with Gasteiger partial charge in [0.2, 0.25) is 5.91 Å². The van der Waals surface area contributed by atoms with E-state index in [1.165, 1.54) is 5.56 Å². The molecule has 1 aliphatic rings. The molecule has 1 amide bonds. The molecule has 1 heterocycles. The number of hydrogen-bond acceptors (Lipinski definition) is 4. The largest absolute Gasteiger partial charge is 0.457 e. The molecule has 1 saturated heterocycles. The van der Waals surface area contributed by atoms with Crippen molar-refractivity contribution in [3.05, 3.63) is 71.3 Å². The Labute approximate surface area is 172 Å². The zero-order valence-corrected chi connectivity index (χ0v) is 17.6.